The van der Waals surface area contributed by atoms with Gasteiger partial charge in [-0.1, -0.05) is 19.9 Å². The first-order chi connectivity index (χ1) is 13.0. The minimum Gasteiger partial charge on any atom is -0.481 e. The number of ketones is 1. The fourth-order valence-electron chi connectivity index (χ4n) is 3.18. The Morgan fingerprint density at radius 2 is 1.96 bits per heavy atom. The summed E-state index contributed by atoms with van der Waals surface area (Å²) < 4.78 is 5.26. The first kappa shape index (κ1) is 22.0. The molecule has 1 aliphatic rings. The number of carboxylic acids is 1. The fraction of sp³-hybridized carbons (Fsp3) is 0.571. The lowest BCUT2D eigenvalue weighted by atomic mass is 9.93. The monoisotopic (exact) mass is 390 g/mol. The summed E-state index contributed by atoms with van der Waals surface area (Å²) in [7, 11) is 0. The van der Waals surface area contributed by atoms with Crippen molar-refractivity contribution >= 4 is 17.7 Å². The number of ether oxygens (including phenoxy) is 1. The van der Waals surface area contributed by atoms with Crippen LogP contribution in [0, 0.1) is 12.8 Å². The van der Waals surface area contributed by atoms with Gasteiger partial charge in [0.1, 0.15) is 5.60 Å². The second-order valence-electron chi connectivity index (χ2n) is 8.24. The second kappa shape index (κ2) is 8.84. The Kier molecular flexibility index (Phi) is 6.96. The lowest BCUT2D eigenvalue weighted by molar-refractivity contribution is -0.137. The summed E-state index contributed by atoms with van der Waals surface area (Å²) in [6.45, 7) is 8.00. The molecule has 1 amide bonds. The van der Waals surface area contributed by atoms with Crippen molar-refractivity contribution in [3.05, 3.63) is 34.9 Å². The molecule has 2 rings (SSSR count). The van der Waals surface area contributed by atoms with Crippen molar-refractivity contribution in [3.8, 4) is 0 Å². The Balaban J connectivity index is 2.14. The van der Waals surface area contributed by atoms with E-state index in [4.69, 9.17) is 15.6 Å². The third kappa shape index (κ3) is 5.87. The molecule has 28 heavy (non-hydrogen) atoms. The number of amides is 1. The summed E-state index contributed by atoms with van der Waals surface area (Å²) in [6, 6.07) is 4.08. The van der Waals surface area contributed by atoms with Crippen molar-refractivity contribution in [2.75, 3.05) is 6.61 Å². The van der Waals surface area contributed by atoms with Crippen LogP contribution >= 0.6 is 0 Å². The molecule has 1 aromatic rings. The maximum atomic E-state index is 12.8. The van der Waals surface area contributed by atoms with E-state index in [1.165, 1.54) is 0 Å². The molecule has 0 saturated carbocycles. The Bertz CT molecular complexity index is 755. The van der Waals surface area contributed by atoms with Gasteiger partial charge in [-0.3, -0.25) is 14.4 Å². The van der Waals surface area contributed by atoms with Gasteiger partial charge < -0.3 is 20.9 Å². The van der Waals surface area contributed by atoms with Gasteiger partial charge in [-0.2, -0.15) is 0 Å². The van der Waals surface area contributed by atoms with Crippen LogP contribution in [0.2, 0.25) is 0 Å². The van der Waals surface area contributed by atoms with Crippen LogP contribution in [0.15, 0.2) is 18.2 Å². The maximum Gasteiger partial charge on any atom is 0.304 e. The zero-order chi connectivity index (χ0) is 21.1. The standard InChI is InChI=1S/C21H30N2O5/c1-12(2)7-17(19(26)21(4)11-28-21)23-20(27)14-6-5-13(3)15(8-14)9-16(22)10-18(24)25/h5-6,8,12,16-17H,7,9-11,22H2,1-4H3,(H,23,27)(H,24,25)/t16-,17-,21-/m0/s1. The molecule has 0 radical (unpaired) electrons. The van der Waals surface area contributed by atoms with E-state index in [2.05, 4.69) is 5.32 Å². The van der Waals surface area contributed by atoms with Crippen molar-refractivity contribution in [2.24, 2.45) is 11.7 Å². The number of carbonyl (C=O) groups excluding carboxylic acids is 2. The average Bonchev–Trinajstić information content (AvgIpc) is 3.33. The summed E-state index contributed by atoms with van der Waals surface area (Å²) >= 11 is 0. The van der Waals surface area contributed by atoms with Crippen LogP contribution < -0.4 is 11.1 Å². The summed E-state index contributed by atoms with van der Waals surface area (Å²) in [6.07, 6.45) is 0.755. The number of aliphatic carboxylic acids is 1. The smallest absolute Gasteiger partial charge is 0.304 e. The molecule has 0 unspecified atom stereocenters. The summed E-state index contributed by atoms with van der Waals surface area (Å²) in [5.41, 5.74) is 7.28. The van der Waals surface area contributed by atoms with Gasteiger partial charge in [0.2, 0.25) is 0 Å². The second-order valence-corrected chi connectivity index (χ2v) is 8.24. The Morgan fingerprint density at radius 3 is 2.50 bits per heavy atom. The van der Waals surface area contributed by atoms with Crippen LogP contribution in [0.5, 0.6) is 0 Å². The van der Waals surface area contributed by atoms with Gasteiger partial charge in [-0.15, -0.1) is 0 Å². The van der Waals surface area contributed by atoms with E-state index < -0.39 is 23.7 Å². The third-order valence-corrected chi connectivity index (χ3v) is 4.96. The number of carbonyl (C=O) groups is 3. The van der Waals surface area contributed by atoms with Crippen molar-refractivity contribution in [1.29, 1.82) is 0 Å². The molecule has 4 N–H and O–H groups in total. The van der Waals surface area contributed by atoms with Crippen molar-refractivity contribution in [2.45, 2.75) is 64.6 Å². The van der Waals surface area contributed by atoms with Crippen molar-refractivity contribution in [3.63, 3.8) is 0 Å². The van der Waals surface area contributed by atoms with Gasteiger partial charge in [0.05, 0.1) is 19.1 Å². The number of nitrogens with two attached hydrogens (primary N) is 1. The molecule has 7 nitrogen and oxygen atoms in total. The molecule has 0 aliphatic carbocycles. The van der Waals surface area contributed by atoms with E-state index in [0.717, 1.165) is 11.1 Å². The highest BCUT2D eigenvalue weighted by Crippen LogP contribution is 2.29. The molecule has 1 aliphatic heterocycles. The third-order valence-electron chi connectivity index (χ3n) is 4.96. The van der Waals surface area contributed by atoms with Crippen LogP contribution in [0.1, 0.15) is 55.1 Å². The predicted octanol–water partition coefficient (Wildman–Crippen LogP) is 1.84. The van der Waals surface area contributed by atoms with Crippen LogP contribution in [0.3, 0.4) is 0 Å². The van der Waals surface area contributed by atoms with Crippen LogP contribution in [0.4, 0.5) is 0 Å². The first-order valence-corrected chi connectivity index (χ1v) is 9.58. The number of benzene rings is 1. The van der Waals surface area contributed by atoms with Crippen LogP contribution in [-0.2, 0) is 20.7 Å². The molecular weight excluding hydrogens is 360 g/mol. The quantitative estimate of drug-likeness (QED) is 0.524. The lowest BCUT2D eigenvalue weighted by Gasteiger charge is -2.21. The molecule has 1 saturated heterocycles. The average molecular weight is 390 g/mol. The highest BCUT2D eigenvalue weighted by Gasteiger charge is 2.50. The lowest BCUT2D eigenvalue weighted by Crippen LogP contribution is -2.46. The number of Topliss-reactive ketones (excluding diaryl/α,β-unsaturated/α-hetero) is 1. The van der Waals surface area contributed by atoms with Gasteiger partial charge in [0.25, 0.3) is 5.91 Å². The Morgan fingerprint density at radius 1 is 1.32 bits per heavy atom. The Labute approximate surface area is 165 Å². The van der Waals surface area contributed by atoms with E-state index in [1.54, 1.807) is 19.1 Å². The molecule has 1 fully saturated rings. The number of rotatable bonds is 10. The Hall–Kier alpha value is -2.25. The van der Waals surface area contributed by atoms with E-state index in [0.29, 0.717) is 25.0 Å². The van der Waals surface area contributed by atoms with E-state index in [9.17, 15) is 14.4 Å². The summed E-state index contributed by atoms with van der Waals surface area (Å²) in [4.78, 5) is 36.3. The topological polar surface area (TPSA) is 122 Å². The van der Waals surface area contributed by atoms with Crippen molar-refractivity contribution < 1.29 is 24.2 Å². The van der Waals surface area contributed by atoms with E-state index in [1.807, 2.05) is 26.8 Å². The van der Waals surface area contributed by atoms with Crippen molar-refractivity contribution in [1.82, 2.24) is 5.32 Å². The number of epoxide rings is 1. The zero-order valence-electron chi connectivity index (χ0n) is 17.0. The summed E-state index contributed by atoms with van der Waals surface area (Å²) in [5.74, 6) is -1.16. The molecule has 0 aromatic heterocycles. The molecule has 154 valence electrons. The molecule has 1 heterocycles. The molecule has 7 heteroatoms. The maximum absolute atomic E-state index is 12.8. The van der Waals surface area contributed by atoms with Gasteiger partial charge >= 0.3 is 5.97 Å². The molecule has 3 atom stereocenters. The summed E-state index contributed by atoms with van der Waals surface area (Å²) in [5, 5.41) is 11.7. The largest absolute Gasteiger partial charge is 0.481 e. The van der Waals surface area contributed by atoms with E-state index in [-0.39, 0.29) is 24.0 Å². The predicted molar refractivity (Wildman–Crippen MR) is 105 cm³/mol. The minimum absolute atomic E-state index is 0.106. The number of hydrogen-bond donors (Lipinski definition) is 3. The number of aryl methyl sites for hydroxylation is 1. The van der Waals surface area contributed by atoms with E-state index >= 15 is 0 Å². The highest BCUT2D eigenvalue weighted by atomic mass is 16.6. The minimum atomic E-state index is -0.954. The van der Waals surface area contributed by atoms with Crippen LogP contribution in [0.25, 0.3) is 0 Å². The van der Waals surface area contributed by atoms with Gasteiger partial charge in [-0.05, 0) is 55.9 Å². The molecule has 1 aromatic carbocycles. The zero-order valence-corrected chi connectivity index (χ0v) is 17.0. The SMILES string of the molecule is Cc1ccc(C(=O)N[C@@H](CC(C)C)C(=O)[C@]2(C)CO2)cc1C[C@H](N)CC(=O)O. The number of carboxylic acid groups (broad SMARTS) is 1. The van der Waals surface area contributed by atoms with Crippen LogP contribution in [-0.4, -0.2) is 47.1 Å². The fourth-order valence-corrected chi connectivity index (χ4v) is 3.18. The number of nitrogens with one attached hydrogen (secondary N) is 1. The molecule has 0 bridgehead atoms. The highest BCUT2D eigenvalue weighted by molar-refractivity contribution is 6.01. The molecular formula is C21H30N2O5. The van der Waals surface area contributed by atoms with Gasteiger partial charge in [0.15, 0.2) is 5.78 Å². The van der Waals surface area contributed by atoms with Gasteiger partial charge in [-0.25, -0.2) is 0 Å². The number of hydrogen-bond acceptors (Lipinski definition) is 5. The normalized spacial score (nSPS) is 20.5. The van der Waals surface area contributed by atoms with Gasteiger partial charge in [0, 0.05) is 11.6 Å². The first-order valence-electron chi connectivity index (χ1n) is 9.58. The molecule has 0 spiro atoms.